The van der Waals surface area contributed by atoms with E-state index in [0.29, 0.717) is 22.6 Å². The van der Waals surface area contributed by atoms with Gasteiger partial charge in [0.05, 0.1) is 11.9 Å². The average molecular weight is 287 g/mol. The first-order chi connectivity index (χ1) is 9.66. The zero-order valence-corrected chi connectivity index (χ0v) is 11.2. The monoisotopic (exact) mass is 286 g/mol. The summed E-state index contributed by atoms with van der Waals surface area (Å²) >= 11 is 6.14. The van der Waals surface area contributed by atoms with E-state index >= 15 is 0 Å². The van der Waals surface area contributed by atoms with E-state index in [4.69, 9.17) is 17.3 Å². The summed E-state index contributed by atoms with van der Waals surface area (Å²) in [5, 5.41) is 5.54. The summed E-state index contributed by atoms with van der Waals surface area (Å²) in [4.78, 5) is 15.7. The Morgan fingerprint density at radius 2 is 2.05 bits per heavy atom. The second-order valence-electron chi connectivity index (χ2n) is 4.34. The molecule has 0 saturated heterocycles. The van der Waals surface area contributed by atoms with Crippen LogP contribution >= 0.6 is 11.6 Å². The number of nitrogens with zero attached hydrogens (tertiary/aromatic N) is 3. The SMILES string of the molecule is NC(=O)c1nn(Cc2ccccc2Cl)c2ncccc12. The smallest absolute Gasteiger partial charge is 0.269 e. The van der Waals surface area contributed by atoms with E-state index < -0.39 is 5.91 Å². The molecule has 3 aromatic rings. The molecule has 3 rings (SSSR count). The third-order valence-electron chi connectivity index (χ3n) is 3.02. The molecule has 0 saturated carbocycles. The number of pyridine rings is 1. The van der Waals surface area contributed by atoms with E-state index in [1.54, 1.807) is 23.0 Å². The first-order valence-electron chi connectivity index (χ1n) is 6.01. The van der Waals surface area contributed by atoms with Gasteiger partial charge in [-0.25, -0.2) is 9.67 Å². The number of aromatic nitrogens is 3. The van der Waals surface area contributed by atoms with Gasteiger partial charge >= 0.3 is 0 Å². The minimum absolute atomic E-state index is 0.222. The summed E-state index contributed by atoms with van der Waals surface area (Å²) in [5.41, 5.74) is 7.09. The summed E-state index contributed by atoms with van der Waals surface area (Å²) in [6.07, 6.45) is 1.65. The van der Waals surface area contributed by atoms with Crippen LogP contribution in [0.2, 0.25) is 5.02 Å². The number of primary amides is 1. The Balaban J connectivity index is 2.13. The molecule has 0 spiro atoms. The highest BCUT2D eigenvalue weighted by molar-refractivity contribution is 6.31. The van der Waals surface area contributed by atoms with Gasteiger partial charge in [0.15, 0.2) is 11.3 Å². The van der Waals surface area contributed by atoms with Crippen molar-refractivity contribution in [3.8, 4) is 0 Å². The lowest BCUT2D eigenvalue weighted by molar-refractivity contribution is 0.0996. The van der Waals surface area contributed by atoms with Crippen LogP contribution in [0.1, 0.15) is 16.1 Å². The first kappa shape index (κ1) is 12.6. The van der Waals surface area contributed by atoms with Gasteiger partial charge in [-0.15, -0.1) is 0 Å². The average Bonchev–Trinajstić information content (AvgIpc) is 2.81. The summed E-state index contributed by atoms with van der Waals surface area (Å²) in [5.74, 6) is -0.569. The molecule has 0 aliphatic carbocycles. The Morgan fingerprint density at radius 1 is 1.25 bits per heavy atom. The van der Waals surface area contributed by atoms with Crippen LogP contribution < -0.4 is 5.73 Å². The van der Waals surface area contributed by atoms with Gasteiger partial charge in [-0.2, -0.15) is 5.10 Å². The standard InChI is InChI=1S/C14H11ClN4O/c15-11-6-2-1-4-9(11)8-19-14-10(5-3-7-17-14)12(18-19)13(16)20/h1-7H,8H2,(H2,16,20). The molecule has 2 N–H and O–H groups in total. The molecule has 0 aliphatic heterocycles. The minimum atomic E-state index is -0.569. The summed E-state index contributed by atoms with van der Waals surface area (Å²) in [6, 6.07) is 11.0. The lowest BCUT2D eigenvalue weighted by atomic mass is 10.2. The molecule has 0 atom stereocenters. The van der Waals surface area contributed by atoms with Crippen molar-refractivity contribution in [2.75, 3.05) is 0 Å². The molecule has 0 radical (unpaired) electrons. The zero-order chi connectivity index (χ0) is 14.1. The number of nitrogens with two attached hydrogens (primary N) is 1. The molecule has 0 unspecified atom stereocenters. The van der Waals surface area contributed by atoms with Gasteiger partial charge in [-0.3, -0.25) is 4.79 Å². The normalized spacial score (nSPS) is 10.8. The Kier molecular flexibility index (Phi) is 3.12. The maximum Gasteiger partial charge on any atom is 0.269 e. The van der Waals surface area contributed by atoms with Gasteiger partial charge in [0.1, 0.15) is 0 Å². The fourth-order valence-electron chi connectivity index (χ4n) is 2.09. The maximum absolute atomic E-state index is 11.4. The van der Waals surface area contributed by atoms with Crippen LogP contribution in [0.4, 0.5) is 0 Å². The molecule has 100 valence electrons. The van der Waals surface area contributed by atoms with Gasteiger partial charge in [0, 0.05) is 11.2 Å². The molecule has 1 amide bonds. The largest absolute Gasteiger partial charge is 0.364 e. The fourth-order valence-corrected chi connectivity index (χ4v) is 2.29. The number of halogens is 1. The number of benzene rings is 1. The van der Waals surface area contributed by atoms with Crippen molar-refractivity contribution in [3.63, 3.8) is 0 Å². The molecule has 1 aromatic carbocycles. The quantitative estimate of drug-likeness (QED) is 0.802. The van der Waals surface area contributed by atoms with Gasteiger partial charge < -0.3 is 5.73 Å². The van der Waals surface area contributed by atoms with E-state index in [9.17, 15) is 4.79 Å². The topological polar surface area (TPSA) is 73.8 Å². The highest BCUT2D eigenvalue weighted by atomic mass is 35.5. The van der Waals surface area contributed by atoms with Crippen LogP contribution in [0.15, 0.2) is 42.6 Å². The molecule has 0 aliphatic rings. The highest BCUT2D eigenvalue weighted by Crippen LogP contribution is 2.20. The lowest BCUT2D eigenvalue weighted by Gasteiger charge is -2.04. The molecule has 20 heavy (non-hydrogen) atoms. The lowest BCUT2D eigenvalue weighted by Crippen LogP contribution is -2.13. The molecule has 2 aromatic heterocycles. The van der Waals surface area contributed by atoms with E-state index in [0.717, 1.165) is 5.56 Å². The molecule has 0 bridgehead atoms. The Hall–Kier alpha value is -2.40. The number of amides is 1. The van der Waals surface area contributed by atoms with E-state index in [2.05, 4.69) is 10.1 Å². The van der Waals surface area contributed by atoms with Crippen molar-refractivity contribution < 1.29 is 4.79 Å². The summed E-state index contributed by atoms with van der Waals surface area (Å²) in [7, 11) is 0. The molecular weight excluding hydrogens is 276 g/mol. The Morgan fingerprint density at radius 3 is 2.80 bits per heavy atom. The number of carbonyl (C=O) groups excluding carboxylic acids is 1. The second-order valence-corrected chi connectivity index (χ2v) is 4.74. The van der Waals surface area contributed by atoms with Crippen molar-refractivity contribution in [2.24, 2.45) is 5.73 Å². The predicted octanol–water partition coefficient (Wildman–Crippen LogP) is 2.23. The predicted molar refractivity (Wildman–Crippen MR) is 76.6 cm³/mol. The maximum atomic E-state index is 11.4. The van der Waals surface area contributed by atoms with Crippen LogP contribution in [0.25, 0.3) is 11.0 Å². The summed E-state index contributed by atoms with van der Waals surface area (Å²) in [6.45, 7) is 0.431. The summed E-state index contributed by atoms with van der Waals surface area (Å²) < 4.78 is 1.64. The molecule has 6 heteroatoms. The third kappa shape index (κ3) is 2.12. The first-order valence-corrected chi connectivity index (χ1v) is 6.39. The van der Waals surface area contributed by atoms with Crippen molar-refractivity contribution in [2.45, 2.75) is 6.54 Å². The molecule has 0 fully saturated rings. The number of rotatable bonds is 3. The van der Waals surface area contributed by atoms with Crippen molar-refractivity contribution in [1.82, 2.24) is 14.8 Å². The number of hydrogen-bond donors (Lipinski definition) is 1. The number of carbonyl (C=O) groups is 1. The zero-order valence-electron chi connectivity index (χ0n) is 10.5. The second kappa shape index (κ2) is 4.94. The van der Waals surface area contributed by atoms with Gasteiger partial charge in [-0.1, -0.05) is 29.8 Å². The van der Waals surface area contributed by atoms with E-state index in [-0.39, 0.29) is 5.69 Å². The fraction of sp³-hybridized carbons (Fsp3) is 0.0714. The van der Waals surface area contributed by atoms with Crippen molar-refractivity contribution >= 4 is 28.5 Å². The molecule has 5 nitrogen and oxygen atoms in total. The van der Waals surface area contributed by atoms with Crippen LogP contribution in [-0.4, -0.2) is 20.7 Å². The van der Waals surface area contributed by atoms with Crippen molar-refractivity contribution in [1.29, 1.82) is 0 Å². The highest BCUT2D eigenvalue weighted by Gasteiger charge is 2.15. The molecular formula is C14H11ClN4O. The third-order valence-corrected chi connectivity index (χ3v) is 3.39. The van der Waals surface area contributed by atoms with Crippen LogP contribution in [0.3, 0.4) is 0 Å². The number of fused-ring (bicyclic) bond motifs is 1. The van der Waals surface area contributed by atoms with Crippen LogP contribution in [0, 0.1) is 0 Å². The van der Waals surface area contributed by atoms with E-state index in [1.807, 2.05) is 24.3 Å². The van der Waals surface area contributed by atoms with Crippen LogP contribution in [0.5, 0.6) is 0 Å². The Bertz CT molecular complexity index is 797. The van der Waals surface area contributed by atoms with Crippen molar-refractivity contribution in [3.05, 3.63) is 58.9 Å². The van der Waals surface area contributed by atoms with E-state index in [1.165, 1.54) is 0 Å². The minimum Gasteiger partial charge on any atom is -0.364 e. The Labute approximate surface area is 120 Å². The van der Waals surface area contributed by atoms with Gasteiger partial charge in [0.2, 0.25) is 0 Å². The molecule has 2 heterocycles. The van der Waals surface area contributed by atoms with Gasteiger partial charge in [-0.05, 0) is 23.8 Å². The number of hydrogen-bond acceptors (Lipinski definition) is 3. The van der Waals surface area contributed by atoms with Gasteiger partial charge in [0.25, 0.3) is 5.91 Å². The van der Waals surface area contributed by atoms with Crippen LogP contribution in [-0.2, 0) is 6.54 Å².